The lowest BCUT2D eigenvalue weighted by Gasteiger charge is -2.32. The van der Waals surface area contributed by atoms with Gasteiger partial charge in [0.25, 0.3) is 0 Å². The van der Waals surface area contributed by atoms with Gasteiger partial charge in [-0.25, -0.2) is 0 Å². The van der Waals surface area contributed by atoms with Gasteiger partial charge in [0.15, 0.2) is 5.96 Å². The van der Waals surface area contributed by atoms with E-state index in [0.29, 0.717) is 11.3 Å². The van der Waals surface area contributed by atoms with Crippen LogP contribution in [0.25, 0.3) is 0 Å². The Morgan fingerprint density at radius 3 is 2.76 bits per heavy atom. The molecule has 1 saturated heterocycles. The lowest BCUT2D eigenvalue weighted by Crippen LogP contribution is -2.48. The molecule has 0 amide bonds. The quantitative estimate of drug-likeness (QED) is 0.346. The van der Waals surface area contributed by atoms with Crippen LogP contribution in [0.2, 0.25) is 0 Å². The third-order valence-electron chi connectivity index (χ3n) is 5.31. The maximum atomic E-state index is 12.1. The van der Waals surface area contributed by atoms with Crippen molar-refractivity contribution in [3.05, 3.63) is 0 Å². The molecule has 7 heteroatoms. The van der Waals surface area contributed by atoms with Crippen LogP contribution in [0.15, 0.2) is 4.99 Å². The number of likely N-dealkylation sites (tertiary alicyclic amines) is 1. The van der Waals surface area contributed by atoms with Gasteiger partial charge in [-0.3, -0.25) is 9.20 Å². The summed E-state index contributed by atoms with van der Waals surface area (Å²) < 4.78 is 12.1. The van der Waals surface area contributed by atoms with Gasteiger partial charge in [0.05, 0.1) is 0 Å². The van der Waals surface area contributed by atoms with E-state index in [0.717, 1.165) is 56.4 Å². The van der Waals surface area contributed by atoms with Crippen LogP contribution in [0, 0.1) is 5.92 Å². The minimum atomic E-state index is -0.670. The lowest BCUT2D eigenvalue weighted by molar-refractivity contribution is 0.186. The van der Waals surface area contributed by atoms with Crippen LogP contribution in [-0.2, 0) is 10.8 Å². The second-order valence-corrected chi connectivity index (χ2v) is 9.35. The van der Waals surface area contributed by atoms with Crippen molar-refractivity contribution in [1.82, 2.24) is 15.5 Å². The Bertz CT molecular complexity index is 435. The summed E-state index contributed by atoms with van der Waals surface area (Å²) in [5.41, 5.74) is 0. The normalized spacial score (nSPS) is 29.6. The van der Waals surface area contributed by atoms with Crippen LogP contribution < -0.4 is 10.6 Å². The number of nitrogens with one attached hydrogen (secondary N) is 2. The molecular weight excluding hydrogens is 447 g/mol. The van der Waals surface area contributed by atoms with E-state index in [1.807, 2.05) is 14.0 Å². The summed E-state index contributed by atoms with van der Waals surface area (Å²) in [6.07, 6.45) is 7.13. The summed E-state index contributed by atoms with van der Waals surface area (Å²) >= 11 is 0. The van der Waals surface area contributed by atoms with Crippen LogP contribution in [-0.4, -0.2) is 65.3 Å². The second-order valence-electron chi connectivity index (χ2n) is 7.35. The molecule has 0 aromatic heterocycles. The van der Waals surface area contributed by atoms with Crippen LogP contribution in [0.1, 0.15) is 52.4 Å². The number of aliphatic imine (C=N–C) groups is 1. The first-order chi connectivity index (χ1) is 11.6. The highest BCUT2D eigenvalue weighted by Crippen LogP contribution is 2.23. The number of piperidine rings is 1. The molecule has 4 atom stereocenters. The number of rotatable bonds is 6. The Hall–Kier alpha value is 0.110. The lowest BCUT2D eigenvalue weighted by atomic mass is 9.95. The Morgan fingerprint density at radius 1 is 1.28 bits per heavy atom. The van der Waals surface area contributed by atoms with E-state index >= 15 is 0 Å². The zero-order valence-electron chi connectivity index (χ0n) is 16.1. The minimum absolute atomic E-state index is 0. The molecule has 1 aliphatic heterocycles. The molecule has 148 valence electrons. The van der Waals surface area contributed by atoms with Gasteiger partial charge in [0.1, 0.15) is 0 Å². The molecule has 0 spiro atoms. The third-order valence-corrected chi connectivity index (χ3v) is 7.05. The van der Waals surface area contributed by atoms with Gasteiger partial charge in [-0.2, -0.15) is 0 Å². The Balaban J connectivity index is 0.00000312. The van der Waals surface area contributed by atoms with E-state index in [4.69, 9.17) is 0 Å². The van der Waals surface area contributed by atoms with Crippen molar-refractivity contribution in [3.8, 4) is 0 Å². The van der Waals surface area contributed by atoms with E-state index in [9.17, 15) is 4.21 Å². The number of guanidine groups is 1. The smallest absolute Gasteiger partial charge is 0.191 e. The van der Waals surface area contributed by atoms with Gasteiger partial charge in [0, 0.05) is 54.5 Å². The first kappa shape index (κ1) is 23.1. The van der Waals surface area contributed by atoms with Gasteiger partial charge in [0.2, 0.25) is 0 Å². The van der Waals surface area contributed by atoms with Crippen LogP contribution >= 0.6 is 24.0 Å². The largest absolute Gasteiger partial charge is 0.355 e. The molecule has 0 bridgehead atoms. The second kappa shape index (κ2) is 12.5. The first-order valence-electron chi connectivity index (χ1n) is 9.69. The molecule has 1 aliphatic carbocycles. The van der Waals surface area contributed by atoms with Gasteiger partial charge >= 0.3 is 0 Å². The van der Waals surface area contributed by atoms with E-state index in [1.165, 1.54) is 25.9 Å². The molecular formula is C18H37IN4OS. The average molecular weight is 484 g/mol. The minimum Gasteiger partial charge on any atom is -0.355 e. The average Bonchev–Trinajstić information content (AvgIpc) is 2.60. The van der Waals surface area contributed by atoms with Crippen molar-refractivity contribution in [3.63, 3.8) is 0 Å². The Morgan fingerprint density at radius 2 is 2.08 bits per heavy atom. The maximum Gasteiger partial charge on any atom is 0.191 e. The Labute approximate surface area is 173 Å². The van der Waals surface area contributed by atoms with Gasteiger partial charge in [-0.15, -0.1) is 24.0 Å². The molecule has 5 nitrogen and oxygen atoms in total. The molecule has 4 unspecified atom stereocenters. The summed E-state index contributed by atoms with van der Waals surface area (Å²) in [4.78, 5) is 6.92. The van der Waals surface area contributed by atoms with E-state index in [-0.39, 0.29) is 24.0 Å². The predicted molar refractivity (Wildman–Crippen MR) is 119 cm³/mol. The highest BCUT2D eigenvalue weighted by molar-refractivity contribution is 14.0. The fourth-order valence-electron chi connectivity index (χ4n) is 3.96. The summed E-state index contributed by atoms with van der Waals surface area (Å²) in [5.74, 6) is 2.50. The molecule has 2 fully saturated rings. The summed E-state index contributed by atoms with van der Waals surface area (Å²) in [5, 5.41) is 7.36. The van der Waals surface area contributed by atoms with Gasteiger partial charge in [-0.1, -0.05) is 20.3 Å². The molecule has 2 N–H and O–H groups in total. The van der Waals surface area contributed by atoms with Crippen molar-refractivity contribution >= 4 is 40.7 Å². The predicted octanol–water partition coefficient (Wildman–Crippen LogP) is 2.58. The number of hydrogen-bond donors (Lipinski definition) is 2. The van der Waals surface area contributed by atoms with E-state index < -0.39 is 10.8 Å². The van der Waals surface area contributed by atoms with Crippen LogP contribution in [0.5, 0.6) is 0 Å². The third kappa shape index (κ3) is 8.12. The fraction of sp³-hybridized carbons (Fsp3) is 0.944. The number of halogens is 1. The van der Waals surface area contributed by atoms with Crippen molar-refractivity contribution in [2.45, 2.75) is 63.7 Å². The molecule has 0 radical (unpaired) electrons. The zero-order valence-corrected chi connectivity index (χ0v) is 19.3. The van der Waals surface area contributed by atoms with Crippen molar-refractivity contribution in [2.75, 3.05) is 39.0 Å². The topological polar surface area (TPSA) is 56.7 Å². The van der Waals surface area contributed by atoms with Crippen molar-refractivity contribution in [1.29, 1.82) is 0 Å². The molecule has 0 aromatic rings. The van der Waals surface area contributed by atoms with Crippen LogP contribution in [0.3, 0.4) is 0 Å². The molecule has 1 saturated carbocycles. The van der Waals surface area contributed by atoms with Crippen LogP contribution in [0.4, 0.5) is 0 Å². The fourth-order valence-corrected chi connectivity index (χ4v) is 5.31. The number of hydrogen-bond acceptors (Lipinski definition) is 3. The maximum absolute atomic E-state index is 12.1. The SMILES string of the molecule is CCS(=O)C1CCCC(NC(=NC)NCCN2CCCC(C)C2)C1.I. The van der Waals surface area contributed by atoms with E-state index in [2.05, 4.69) is 27.4 Å². The summed E-state index contributed by atoms with van der Waals surface area (Å²) in [6, 6.07) is 0.403. The molecule has 1 heterocycles. The number of nitrogens with zero attached hydrogens (tertiary/aromatic N) is 2. The Kier molecular flexibility index (Phi) is 11.6. The highest BCUT2D eigenvalue weighted by atomic mass is 127. The van der Waals surface area contributed by atoms with Crippen molar-refractivity contribution in [2.24, 2.45) is 10.9 Å². The molecule has 25 heavy (non-hydrogen) atoms. The summed E-state index contributed by atoms with van der Waals surface area (Å²) in [6.45, 7) is 8.84. The zero-order chi connectivity index (χ0) is 17.4. The molecule has 2 aliphatic rings. The first-order valence-corrected chi connectivity index (χ1v) is 11.1. The van der Waals surface area contributed by atoms with Gasteiger partial charge in [-0.05, 0) is 44.6 Å². The van der Waals surface area contributed by atoms with Gasteiger partial charge < -0.3 is 15.5 Å². The molecule has 0 aromatic carbocycles. The standard InChI is InChI=1S/C18H36N4OS.HI/c1-4-24(23)17-9-5-8-16(13-17)21-18(19-3)20-10-12-22-11-6-7-15(2)14-22;/h15-17H,4-14H2,1-3H3,(H2,19,20,21);1H. The van der Waals surface area contributed by atoms with E-state index in [1.54, 1.807) is 0 Å². The summed E-state index contributed by atoms with van der Waals surface area (Å²) in [7, 11) is 1.17. The monoisotopic (exact) mass is 484 g/mol. The highest BCUT2D eigenvalue weighted by Gasteiger charge is 2.26. The molecule has 2 rings (SSSR count). The van der Waals surface area contributed by atoms with Crippen molar-refractivity contribution < 1.29 is 4.21 Å².